The van der Waals surface area contributed by atoms with Crippen molar-refractivity contribution in [1.29, 1.82) is 5.41 Å². The van der Waals surface area contributed by atoms with Gasteiger partial charge in [0.05, 0.1) is 0 Å². The number of nitrogen functional groups attached to an aromatic ring is 1. The molecule has 2 aromatic carbocycles. The summed E-state index contributed by atoms with van der Waals surface area (Å²) in [6.07, 6.45) is 0. The molecule has 1 atom stereocenters. The van der Waals surface area contributed by atoms with Gasteiger partial charge in [0.1, 0.15) is 5.84 Å². The molecule has 3 N–H and O–H groups in total. The number of nitrogens with two attached hydrogens (primary N) is 1. The second-order valence-corrected chi connectivity index (χ2v) is 5.69. The van der Waals surface area contributed by atoms with E-state index in [1.54, 1.807) is 0 Å². The Bertz CT molecular complexity index is 622. The van der Waals surface area contributed by atoms with E-state index in [-0.39, 0.29) is 11.9 Å². The van der Waals surface area contributed by atoms with Crippen LogP contribution in [0.3, 0.4) is 0 Å². The van der Waals surface area contributed by atoms with E-state index in [1.807, 2.05) is 30.3 Å². The zero-order valence-electron chi connectivity index (χ0n) is 12.3. The number of nitrogens with one attached hydrogen (secondary N) is 1. The molecule has 3 nitrogen and oxygen atoms in total. The van der Waals surface area contributed by atoms with Crippen LogP contribution in [0.25, 0.3) is 0 Å². The third kappa shape index (κ3) is 4.06. The van der Waals surface area contributed by atoms with Crippen LogP contribution < -0.4 is 5.73 Å². The van der Waals surface area contributed by atoms with Crippen molar-refractivity contribution in [2.45, 2.75) is 19.5 Å². The van der Waals surface area contributed by atoms with Crippen molar-refractivity contribution in [3.8, 4) is 0 Å². The molecule has 110 valence electrons. The summed E-state index contributed by atoms with van der Waals surface area (Å²) in [5, 5.41) is 8.26. The van der Waals surface area contributed by atoms with E-state index in [1.165, 1.54) is 5.56 Å². The van der Waals surface area contributed by atoms with Crippen LogP contribution in [-0.2, 0) is 6.54 Å². The number of benzene rings is 2. The van der Waals surface area contributed by atoms with E-state index in [0.717, 1.165) is 22.7 Å². The number of rotatable bonds is 5. The standard InChI is InChI=1S/C17H20ClN3/c1-12(14-6-8-16(18)9-7-14)21(2)11-13-4-3-5-15(10-13)17(19)20/h3-10,12H,11H2,1-2H3,(H3,19,20). The minimum atomic E-state index is 0.102. The summed E-state index contributed by atoms with van der Waals surface area (Å²) in [5.41, 5.74) is 8.67. The molecule has 2 aromatic rings. The maximum atomic E-state index is 7.51. The van der Waals surface area contributed by atoms with Gasteiger partial charge in [-0.2, -0.15) is 0 Å². The van der Waals surface area contributed by atoms with Gasteiger partial charge in [0.15, 0.2) is 0 Å². The molecular formula is C17H20ClN3. The maximum absolute atomic E-state index is 7.51. The van der Waals surface area contributed by atoms with Gasteiger partial charge >= 0.3 is 0 Å². The fraction of sp³-hybridized carbons (Fsp3) is 0.235. The molecule has 2 rings (SSSR count). The summed E-state index contributed by atoms with van der Waals surface area (Å²) in [4.78, 5) is 2.25. The van der Waals surface area contributed by atoms with E-state index in [0.29, 0.717) is 0 Å². The van der Waals surface area contributed by atoms with Gasteiger partial charge in [0.25, 0.3) is 0 Å². The molecule has 0 radical (unpaired) electrons. The number of amidine groups is 1. The lowest BCUT2D eigenvalue weighted by Gasteiger charge is -2.25. The number of hydrogen-bond donors (Lipinski definition) is 2. The van der Waals surface area contributed by atoms with Gasteiger partial charge in [-0.1, -0.05) is 41.9 Å². The molecular weight excluding hydrogens is 282 g/mol. The van der Waals surface area contributed by atoms with Crippen LogP contribution >= 0.6 is 11.6 Å². The Balaban J connectivity index is 2.10. The minimum Gasteiger partial charge on any atom is -0.384 e. The molecule has 0 aromatic heterocycles. The van der Waals surface area contributed by atoms with Crippen molar-refractivity contribution < 1.29 is 0 Å². The highest BCUT2D eigenvalue weighted by molar-refractivity contribution is 6.30. The highest BCUT2D eigenvalue weighted by Crippen LogP contribution is 2.22. The quantitative estimate of drug-likeness (QED) is 0.651. The monoisotopic (exact) mass is 301 g/mol. The Labute approximate surface area is 130 Å². The molecule has 1 unspecified atom stereocenters. The summed E-state index contributed by atoms with van der Waals surface area (Å²) in [7, 11) is 2.08. The van der Waals surface area contributed by atoms with Gasteiger partial charge in [0, 0.05) is 23.2 Å². The Morgan fingerprint density at radius 3 is 2.52 bits per heavy atom. The van der Waals surface area contributed by atoms with Gasteiger partial charge in [-0.3, -0.25) is 10.3 Å². The largest absolute Gasteiger partial charge is 0.384 e. The van der Waals surface area contributed by atoms with Gasteiger partial charge in [0.2, 0.25) is 0 Å². The SMILES string of the molecule is CC(c1ccc(Cl)cc1)N(C)Cc1cccc(C(=N)N)c1. The first kappa shape index (κ1) is 15.5. The Hall–Kier alpha value is -1.84. The average molecular weight is 302 g/mol. The average Bonchev–Trinajstić information content (AvgIpc) is 2.47. The topological polar surface area (TPSA) is 53.1 Å². The van der Waals surface area contributed by atoms with Gasteiger partial charge < -0.3 is 5.73 Å². The molecule has 0 aliphatic carbocycles. The van der Waals surface area contributed by atoms with Gasteiger partial charge in [-0.25, -0.2) is 0 Å². The first-order valence-electron chi connectivity index (χ1n) is 6.86. The lowest BCUT2D eigenvalue weighted by Crippen LogP contribution is -2.22. The number of halogens is 1. The first-order valence-corrected chi connectivity index (χ1v) is 7.24. The van der Waals surface area contributed by atoms with Crippen molar-refractivity contribution in [2.24, 2.45) is 5.73 Å². The molecule has 21 heavy (non-hydrogen) atoms. The Morgan fingerprint density at radius 1 is 1.24 bits per heavy atom. The van der Waals surface area contributed by atoms with Crippen LogP contribution in [0.4, 0.5) is 0 Å². The van der Waals surface area contributed by atoms with Crippen molar-refractivity contribution in [1.82, 2.24) is 4.90 Å². The molecule has 0 fully saturated rings. The van der Waals surface area contributed by atoms with Crippen molar-refractivity contribution in [3.63, 3.8) is 0 Å². The highest BCUT2D eigenvalue weighted by Gasteiger charge is 2.12. The number of hydrogen-bond acceptors (Lipinski definition) is 2. The predicted octanol–water partition coefficient (Wildman–Crippen LogP) is 3.82. The van der Waals surface area contributed by atoms with Crippen LogP contribution in [0.1, 0.15) is 29.7 Å². The second kappa shape index (κ2) is 6.74. The Kier molecular flexibility index (Phi) is 4.99. The van der Waals surface area contributed by atoms with Crippen LogP contribution in [-0.4, -0.2) is 17.8 Å². The smallest absolute Gasteiger partial charge is 0.122 e. The molecule has 0 saturated heterocycles. The maximum Gasteiger partial charge on any atom is 0.122 e. The summed E-state index contributed by atoms with van der Waals surface area (Å²) in [6, 6.07) is 16.0. The number of nitrogens with zero attached hydrogens (tertiary/aromatic N) is 1. The van der Waals surface area contributed by atoms with E-state index >= 15 is 0 Å². The molecule has 0 amide bonds. The molecule has 0 saturated carbocycles. The molecule has 4 heteroatoms. The molecule has 0 heterocycles. The minimum absolute atomic E-state index is 0.102. The molecule has 0 aliphatic rings. The predicted molar refractivity (Wildman–Crippen MR) is 88.8 cm³/mol. The van der Waals surface area contributed by atoms with Crippen LogP contribution in [0, 0.1) is 5.41 Å². The third-order valence-corrected chi connectivity index (χ3v) is 3.94. The van der Waals surface area contributed by atoms with Crippen molar-refractivity contribution in [3.05, 3.63) is 70.2 Å². The molecule has 0 bridgehead atoms. The van der Waals surface area contributed by atoms with Crippen LogP contribution in [0.2, 0.25) is 5.02 Å². The van der Waals surface area contributed by atoms with Gasteiger partial charge in [-0.15, -0.1) is 0 Å². The van der Waals surface area contributed by atoms with Crippen LogP contribution in [0.5, 0.6) is 0 Å². The van der Waals surface area contributed by atoms with E-state index < -0.39 is 0 Å². The summed E-state index contributed by atoms with van der Waals surface area (Å²) < 4.78 is 0. The second-order valence-electron chi connectivity index (χ2n) is 5.26. The van der Waals surface area contributed by atoms with E-state index in [2.05, 4.69) is 37.1 Å². The summed E-state index contributed by atoms with van der Waals surface area (Å²) in [5.74, 6) is 0.102. The van der Waals surface area contributed by atoms with E-state index in [9.17, 15) is 0 Å². The normalized spacial score (nSPS) is 12.4. The van der Waals surface area contributed by atoms with Crippen molar-refractivity contribution >= 4 is 17.4 Å². The first-order chi connectivity index (χ1) is 9.97. The third-order valence-electron chi connectivity index (χ3n) is 3.68. The van der Waals surface area contributed by atoms with Gasteiger partial charge in [-0.05, 0) is 43.3 Å². The fourth-order valence-electron chi connectivity index (χ4n) is 2.26. The fourth-order valence-corrected chi connectivity index (χ4v) is 2.38. The Morgan fingerprint density at radius 2 is 1.90 bits per heavy atom. The summed E-state index contributed by atoms with van der Waals surface area (Å²) >= 11 is 5.93. The molecule has 0 aliphatic heterocycles. The lowest BCUT2D eigenvalue weighted by molar-refractivity contribution is 0.253. The molecule has 0 spiro atoms. The summed E-state index contributed by atoms with van der Waals surface area (Å²) in [6.45, 7) is 2.96. The zero-order chi connectivity index (χ0) is 15.4. The van der Waals surface area contributed by atoms with Crippen LogP contribution in [0.15, 0.2) is 48.5 Å². The zero-order valence-corrected chi connectivity index (χ0v) is 13.1. The van der Waals surface area contributed by atoms with Crippen molar-refractivity contribution in [2.75, 3.05) is 7.05 Å². The highest BCUT2D eigenvalue weighted by atomic mass is 35.5. The lowest BCUT2D eigenvalue weighted by atomic mass is 10.1. The van der Waals surface area contributed by atoms with E-state index in [4.69, 9.17) is 22.7 Å².